The third-order valence-electron chi connectivity index (χ3n) is 4.69. The Kier molecular flexibility index (Phi) is 4.34. The number of fused-ring (bicyclic) bond motifs is 1. The van der Waals surface area contributed by atoms with Crippen molar-refractivity contribution in [1.29, 1.82) is 0 Å². The van der Waals surface area contributed by atoms with Gasteiger partial charge >= 0.3 is 11.7 Å². The number of carboxylic acids is 1. The van der Waals surface area contributed by atoms with Crippen LogP contribution in [0.15, 0.2) is 16.9 Å². The van der Waals surface area contributed by atoms with E-state index in [1.807, 2.05) is 17.0 Å². The maximum atomic E-state index is 12.6. The predicted octanol–water partition coefficient (Wildman–Crippen LogP) is 2.08. The van der Waals surface area contributed by atoms with E-state index in [1.54, 1.807) is 16.2 Å². The second-order valence-corrected chi connectivity index (χ2v) is 8.12. The highest BCUT2D eigenvalue weighted by molar-refractivity contribution is 5.75. The molecule has 1 atom stereocenters. The molecule has 1 aliphatic rings. The summed E-state index contributed by atoms with van der Waals surface area (Å²) in [7, 11) is 1.73. The van der Waals surface area contributed by atoms with Crippen LogP contribution in [0, 0.1) is 11.3 Å². The second-order valence-electron chi connectivity index (χ2n) is 8.12. The maximum absolute atomic E-state index is 12.6. The van der Waals surface area contributed by atoms with Crippen molar-refractivity contribution in [2.45, 2.75) is 40.2 Å². The molecule has 1 unspecified atom stereocenters. The summed E-state index contributed by atoms with van der Waals surface area (Å²) in [6.45, 7) is 8.16. The molecule has 0 radical (unpaired) electrons. The van der Waals surface area contributed by atoms with Gasteiger partial charge in [0, 0.05) is 26.7 Å². The Labute approximate surface area is 146 Å². The van der Waals surface area contributed by atoms with Gasteiger partial charge in [0.05, 0.1) is 11.4 Å². The number of imidazole rings is 1. The first-order valence-corrected chi connectivity index (χ1v) is 8.71. The number of hydrogen-bond donors (Lipinski definition) is 1. The van der Waals surface area contributed by atoms with Crippen molar-refractivity contribution in [2.24, 2.45) is 18.4 Å². The summed E-state index contributed by atoms with van der Waals surface area (Å²) in [6, 6.07) is 3.82. The molecule has 25 heavy (non-hydrogen) atoms. The molecule has 1 fully saturated rings. The molecule has 7 nitrogen and oxygen atoms in total. The Morgan fingerprint density at radius 2 is 2.08 bits per heavy atom. The van der Waals surface area contributed by atoms with Crippen LogP contribution in [0.25, 0.3) is 11.2 Å². The number of anilines is 1. The first-order chi connectivity index (χ1) is 11.7. The standard InChI is InChI=1S/C18H26N4O3/c1-18(2,3)11-22-13-7-8-14(19-15(13)20(4)17(22)25)21-9-5-6-12(10-21)16(23)24/h7-8,12H,5-6,9-11H2,1-4H3,(H,23,24). The normalized spacial score (nSPS) is 18.7. The number of nitrogens with zero attached hydrogens (tertiary/aromatic N) is 4. The van der Waals surface area contributed by atoms with E-state index in [2.05, 4.69) is 25.8 Å². The Morgan fingerprint density at radius 1 is 1.36 bits per heavy atom. The number of pyridine rings is 1. The van der Waals surface area contributed by atoms with E-state index in [0.717, 1.165) is 24.3 Å². The first kappa shape index (κ1) is 17.5. The minimum atomic E-state index is -0.755. The molecule has 2 aromatic heterocycles. The summed E-state index contributed by atoms with van der Waals surface area (Å²) in [4.78, 5) is 30.6. The predicted molar refractivity (Wildman–Crippen MR) is 97.0 cm³/mol. The molecule has 2 aromatic rings. The van der Waals surface area contributed by atoms with Crippen LogP contribution in [0.1, 0.15) is 33.6 Å². The lowest BCUT2D eigenvalue weighted by Gasteiger charge is -2.31. The van der Waals surface area contributed by atoms with E-state index in [9.17, 15) is 14.7 Å². The number of piperidine rings is 1. The first-order valence-electron chi connectivity index (χ1n) is 8.71. The average Bonchev–Trinajstić information content (AvgIpc) is 2.78. The number of carbonyl (C=O) groups is 1. The number of aromatic nitrogens is 3. The lowest BCUT2D eigenvalue weighted by Crippen LogP contribution is -2.39. The summed E-state index contributed by atoms with van der Waals surface area (Å²) in [5.41, 5.74) is 1.37. The van der Waals surface area contributed by atoms with Gasteiger partial charge in [-0.05, 0) is 30.4 Å². The fourth-order valence-corrected chi connectivity index (χ4v) is 3.45. The number of carboxylic acid groups (broad SMARTS) is 1. The summed E-state index contributed by atoms with van der Waals surface area (Å²) in [5, 5.41) is 9.27. The van der Waals surface area contributed by atoms with E-state index in [1.165, 1.54) is 0 Å². The van der Waals surface area contributed by atoms with Gasteiger partial charge in [0.1, 0.15) is 5.82 Å². The van der Waals surface area contributed by atoms with Crippen LogP contribution in [-0.2, 0) is 18.4 Å². The van der Waals surface area contributed by atoms with Crippen molar-refractivity contribution < 1.29 is 9.90 Å². The minimum Gasteiger partial charge on any atom is -0.481 e. The molecule has 3 rings (SSSR count). The van der Waals surface area contributed by atoms with E-state index < -0.39 is 5.97 Å². The van der Waals surface area contributed by atoms with E-state index in [0.29, 0.717) is 25.2 Å². The zero-order valence-corrected chi connectivity index (χ0v) is 15.3. The topological polar surface area (TPSA) is 80.4 Å². The zero-order chi connectivity index (χ0) is 18.4. The average molecular weight is 346 g/mol. The van der Waals surface area contributed by atoms with E-state index in [-0.39, 0.29) is 17.0 Å². The highest BCUT2D eigenvalue weighted by Crippen LogP contribution is 2.25. The van der Waals surface area contributed by atoms with Gasteiger partial charge < -0.3 is 10.0 Å². The van der Waals surface area contributed by atoms with Gasteiger partial charge in [-0.3, -0.25) is 13.9 Å². The van der Waals surface area contributed by atoms with Crippen LogP contribution in [0.3, 0.4) is 0 Å². The zero-order valence-electron chi connectivity index (χ0n) is 15.3. The van der Waals surface area contributed by atoms with Crippen molar-refractivity contribution in [3.8, 4) is 0 Å². The fourth-order valence-electron chi connectivity index (χ4n) is 3.45. The minimum absolute atomic E-state index is 0.0155. The Hall–Kier alpha value is -2.31. The van der Waals surface area contributed by atoms with Crippen molar-refractivity contribution in [3.63, 3.8) is 0 Å². The summed E-state index contributed by atoms with van der Waals surface area (Å²) < 4.78 is 3.34. The van der Waals surface area contributed by atoms with Crippen LogP contribution in [0.2, 0.25) is 0 Å². The summed E-state index contributed by atoms with van der Waals surface area (Å²) in [5.74, 6) is -0.378. The lowest BCUT2D eigenvalue weighted by molar-refractivity contribution is -0.141. The Balaban J connectivity index is 1.99. The molecule has 0 aromatic carbocycles. The van der Waals surface area contributed by atoms with Crippen molar-refractivity contribution in [2.75, 3.05) is 18.0 Å². The van der Waals surface area contributed by atoms with Gasteiger partial charge in [-0.25, -0.2) is 9.78 Å². The van der Waals surface area contributed by atoms with Crippen molar-refractivity contribution in [1.82, 2.24) is 14.1 Å². The number of rotatable bonds is 3. The second kappa shape index (κ2) is 6.20. The van der Waals surface area contributed by atoms with Gasteiger partial charge in [-0.2, -0.15) is 0 Å². The molecule has 0 spiro atoms. The fraction of sp³-hybridized carbons (Fsp3) is 0.611. The molecule has 1 N–H and O–H groups in total. The molecule has 1 aliphatic heterocycles. The smallest absolute Gasteiger partial charge is 0.330 e. The molecule has 1 saturated heterocycles. The number of aryl methyl sites for hydroxylation is 1. The molecule has 0 amide bonds. The van der Waals surface area contributed by atoms with Gasteiger partial charge in [0.2, 0.25) is 0 Å². The van der Waals surface area contributed by atoms with Crippen molar-refractivity contribution >= 4 is 23.0 Å². The third-order valence-corrected chi connectivity index (χ3v) is 4.69. The number of aliphatic carboxylic acids is 1. The van der Waals surface area contributed by atoms with Crippen LogP contribution < -0.4 is 10.6 Å². The molecular weight excluding hydrogens is 320 g/mol. The molecule has 3 heterocycles. The lowest BCUT2D eigenvalue weighted by atomic mass is 9.97. The third kappa shape index (κ3) is 3.41. The maximum Gasteiger partial charge on any atom is 0.330 e. The van der Waals surface area contributed by atoms with Crippen LogP contribution in [-0.4, -0.2) is 38.3 Å². The molecule has 0 bridgehead atoms. The SMILES string of the molecule is Cn1c(=O)n(CC(C)(C)C)c2ccc(N3CCCC(C(=O)O)C3)nc21. The number of hydrogen-bond acceptors (Lipinski definition) is 4. The monoisotopic (exact) mass is 346 g/mol. The molecular formula is C18H26N4O3. The van der Waals surface area contributed by atoms with E-state index in [4.69, 9.17) is 0 Å². The molecule has 0 saturated carbocycles. The van der Waals surface area contributed by atoms with Gasteiger partial charge in [0.15, 0.2) is 5.65 Å². The van der Waals surface area contributed by atoms with E-state index >= 15 is 0 Å². The van der Waals surface area contributed by atoms with Gasteiger partial charge in [-0.1, -0.05) is 20.8 Å². The Morgan fingerprint density at radius 3 is 2.72 bits per heavy atom. The largest absolute Gasteiger partial charge is 0.481 e. The molecule has 0 aliphatic carbocycles. The Bertz CT molecular complexity index is 860. The quantitative estimate of drug-likeness (QED) is 0.920. The highest BCUT2D eigenvalue weighted by atomic mass is 16.4. The van der Waals surface area contributed by atoms with Crippen molar-refractivity contribution in [3.05, 3.63) is 22.6 Å². The molecule has 136 valence electrons. The van der Waals surface area contributed by atoms with Crippen LogP contribution in [0.4, 0.5) is 5.82 Å². The van der Waals surface area contributed by atoms with Crippen LogP contribution >= 0.6 is 0 Å². The molecule has 7 heteroatoms. The summed E-state index contributed by atoms with van der Waals surface area (Å²) >= 11 is 0. The van der Waals surface area contributed by atoms with Gasteiger partial charge in [-0.15, -0.1) is 0 Å². The summed E-state index contributed by atoms with van der Waals surface area (Å²) in [6.07, 6.45) is 1.54. The highest BCUT2D eigenvalue weighted by Gasteiger charge is 2.27. The van der Waals surface area contributed by atoms with Gasteiger partial charge in [0.25, 0.3) is 0 Å². The van der Waals surface area contributed by atoms with Crippen LogP contribution in [0.5, 0.6) is 0 Å².